The Bertz CT molecular complexity index is 310. The fourth-order valence-corrected chi connectivity index (χ4v) is 1.52. The molecular formula is C11H13IO2. The molecule has 0 N–H and O–H groups in total. The smallest absolute Gasteiger partial charge is 0.150 e. The van der Waals surface area contributed by atoms with Gasteiger partial charge in [0.15, 0.2) is 0 Å². The van der Waals surface area contributed by atoms with Crippen LogP contribution in [0.4, 0.5) is 0 Å². The van der Waals surface area contributed by atoms with E-state index < -0.39 is 0 Å². The highest BCUT2D eigenvalue weighted by Gasteiger charge is 2.01. The zero-order valence-electron chi connectivity index (χ0n) is 8.13. The van der Waals surface area contributed by atoms with Crippen molar-refractivity contribution in [3.8, 4) is 5.75 Å². The molecule has 2 nitrogen and oxygen atoms in total. The van der Waals surface area contributed by atoms with Gasteiger partial charge in [-0.1, -0.05) is 19.4 Å². The zero-order valence-corrected chi connectivity index (χ0v) is 10.3. The molecule has 0 unspecified atom stereocenters. The van der Waals surface area contributed by atoms with E-state index in [9.17, 15) is 4.79 Å². The maximum Gasteiger partial charge on any atom is 0.150 e. The standard InChI is InChI=1S/C11H13IO2/c1-2-3-6-14-11-7-9(8-13)4-5-10(11)12/h4-5,7-8H,2-3,6H2,1H3. The number of hydrogen-bond acceptors (Lipinski definition) is 2. The molecule has 0 atom stereocenters. The summed E-state index contributed by atoms with van der Waals surface area (Å²) in [5.74, 6) is 0.809. The topological polar surface area (TPSA) is 26.3 Å². The van der Waals surface area contributed by atoms with Crippen LogP contribution in [-0.4, -0.2) is 12.9 Å². The first-order valence-electron chi connectivity index (χ1n) is 4.65. The predicted molar refractivity (Wildman–Crippen MR) is 64.9 cm³/mol. The van der Waals surface area contributed by atoms with Crippen molar-refractivity contribution in [3.63, 3.8) is 0 Å². The average molecular weight is 304 g/mol. The van der Waals surface area contributed by atoms with Gasteiger partial charge in [0, 0.05) is 5.56 Å². The molecule has 1 rings (SSSR count). The van der Waals surface area contributed by atoms with Gasteiger partial charge in [0.05, 0.1) is 10.2 Å². The number of rotatable bonds is 5. The van der Waals surface area contributed by atoms with Crippen LogP contribution < -0.4 is 4.74 Å². The lowest BCUT2D eigenvalue weighted by atomic mass is 10.2. The lowest BCUT2D eigenvalue weighted by Gasteiger charge is -2.07. The summed E-state index contributed by atoms with van der Waals surface area (Å²) in [6.45, 7) is 2.84. The molecule has 0 bridgehead atoms. The van der Waals surface area contributed by atoms with Crippen LogP contribution in [-0.2, 0) is 0 Å². The second-order valence-corrected chi connectivity index (χ2v) is 4.17. The van der Waals surface area contributed by atoms with Crippen LogP contribution in [0.25, 0.3) is 0 Å². The molecule has 76 valence electrons. The number of ether oxygens (including phenoxy) is 1. The fourth-order valence-electron chi connectivity index (χ4n) is 1.03. The number of hydrogen-bond donors (Lipinski definition) is 0. The van der Waals surface area contributed by atoms with Gasteiger partial charge in [0.2, 0.25) is 0 Å². The Morgan fingerprint density at radius 2 is 2.29 bits per heavy atom. The van der Waals surface area contributed by atoms with E-state index in [1.54, 1.807) is 12.1 Å². The molecule has 14 heavy (non-hydrogen) atoms. The van der Waals surface area contributed by atoms with Crippen molar-refractivity contribution in [2.75, 3.05) is 6.61 Å². The molecule has 0 radical (unpaired) electrons. The second kappa shape index (κ2) is 6.01. The Balaban J connectivity index is 2.68. The van der Waals surface area contributed by atoms with Gasteiger partial charge < -0.3 is 4.74 Å². The maximum atomic E-state index is 10.5. The van der Waals surface area contributed by atoms with Crippen molar-refractivity contribution in [3.05, 3.63) is 27.3 Å². The number of halogens is 1. The summed E-state index contributed by atoms with van der Waals surface area (Å²) in [5, 5.41) is 0. The SMILES string of the molecule is CCCCOc1cc(C=O)ccc1I. The predicted octanol–water partition coefficient (Wildman–Crippen LogP) is 3.28. The Morgan fingerprint density at radius 3 is 2.93 bits per heavy atom. The van der Waals surface area contributed by atoms with Crippen molar-refractivity contribution >= 4 is 28.9 Å². The summed E-state index contributed by atoms with van der Waals surface area (Å²) in [7, 11) is 0. The minimum Gasteiger partial charge on any atom is -0.492 e. The highest BCUT2D eigenvalue weighted by atomic mass is 127. The Kier molecular flexibility index (Phi) is 4.93. The number of aldehydes is 1. The van der Waals surface area contributed by atoms with Crippen molar-refractivity contribution in [1.82, 2.24) is 0 Å². The number of benzene rings is 1. The summed E-state index contributed by atoms with van der Waals surface area (Å²) in [4.78, 5) is 10.5. The normalized spacial score (nSPS) is 9.86. The van der Waals surface area contributed by atoms with Gasteiger partial charge in [-0.25, -0.2) is 0 Å². The van der Waals surface area contributed by atoms with E-state index >= 15 is 0 Å². The molecule has 0 aliphatic heterocycles. The molecule has 0 saturated heterocycles. The molecule has 0 spiro atoms. The van der Waals surface area contributed by atoms with E-state index in [0.717, 1.165) is 35.1 Å². The van der Waals surface area contributed by atoms with Crippen molar-refractivity contribution in [1.29, 1.82) is 0 Å². The van der Waals surface area contributed by atoms with E-state index in [4.69, 9.17) is 4.74 Å². The van der Waals surface area contributed by atoms with Crippen molar-refractivity contribution < 1.29 is 9.53 Å². The minimum absolute atomic E-state index is 0.664. The summed E-state index contributed by atoms with van der Waals surface area (Å²) in [6.07, 6.45) is 2.99. The Hall–Kier alpha value is -0.580. The summed E-state index contributed by atoms with van der Waals surface area (Å²) < 4.78 is 6.60. The van der Waals surface area contributed by atoms with E-state index in [2.05, 4.69) is 29.5 Å². The molecule has 3 heteroatoms. The molecule has 0 aliphatic rings. The molecule has 0 aromatic heterocycles. The first-order valence-corrected chi connectivity index (χ1v) is 5.73. The van der Waals surface area contributed by atoms with Crippen LogP contribution in [0.15, 0.2) is 18.2 Å². The lowest BCUT2D eigenvalue weighted by Crippen LogP contribution is -1.98. The Labute approximate surface area is 97.8 Å². The fraction of sp³-hybridized carbons (Fsp3) is 0.364. The molecular weight excluding hydrogens is 291 g/mol. The van der Waals surface area contributed by atoms with Gasteiger partial charge in [-0.2, -0.15) is 0 Å². The highest BCUT2D eigenvalue weighted by molar-refractivity contribution is 14.1. The molecule has 1 aromatic carbocycles. The molecule has 0 amide bonds. The summed E-state index contributed by atoms with van der Waals surface area (Å²) in [6, 6.07) is 5.47. The van der Waals surface area contributed by atoms with Crippen LogP contribution in [0.1, 0.15) is 30.1 Å². The van der Waals surface area contributed by atoms with Crippen LogP contribution in [0, 0.1) is 3.57 Å². The van der Waals surface area contributed by atoms with E-state index in [-0.39, 0.29) is 0 Å². The van der Waals surface area contributed by atoms with E-state index in [1.807, 2.05) is 6.07 Å². The van der Waals surface area contributed by atoms with Crippen LogP contribution in [0.3, 0.4) is 0 Å². The Morgan fingerprint density at radius 1 is 1.50 bits per heavy atom. The lowest BCUT2D eigenvalue weighted by molar-refractivity contribution is 0.112. The first-order chi connectivity index (χ1) is 6.77. The van der Waals surface area contributed by atoms with Crippen LogP contribution in [0.5, 0.6) is 5.75 Å². The first kappa shape index (κ1) is 11.5. The van der Waals surface area contributed by atoms with E-state index in [1.165, 1.54) is 0 Å². The van der Waals surface area contributed by atoms with Gasteiger partial charge in [-0.05, 0) is 41.1 Å². The van der Waals surface area contributed by atoms with Crippen LogP contribution in [0.2, 0.25) is 0 Å². The summed E-state index contributed by atoms with van der Waals surface area (Å²) in [5.41, 5.74) is 0.664. The largest absolute Gasteiger partial charge is 0.492 e. The third kappa shape index (κ3) is 3.29. The molecule has 1 aromatic rings. The third-order valence-electron chi connectivity index (χ3n) is 1.85. The zero-order chi connectivity index (χ0) is 10.4. The second-order valence-electron chi connectivity index (χ2n) is 3.01. The van der Waals surface area contributed by atoms with Crippen LogP contribution >= 0.6 is 22.6 Å². The third-order valence-corrected chi connectivity index (χ3v) is 2.74. The monoisotopic (exact) mass is 304 g/mol. The van der Waals surface area contributed by atoms with Gasteiger partial charge in [0.1, 0.15) is 12.0 Å². The minimum atomic E-state index is 0.664. The molecule has 0 heterocycles. The highest BCUT2D eigenvalue weighted by Crippen LogP contribution is 2.21. The van der Waals surface area contributed by atoms with Gasteiger partial charge in [-0.15, -0.1) is 0 Å². The summed E-state index contributed by atoms with van der Waals surface area (Å²) >= 11 is 2.20. The number of carbonyl (C=O) groups is 1. The molecule has 0 aliphatic carbocycles. The number of unbranched alkanes of at least 4 members (excludes halogenated alkanes) is 1. The molecule has 0 saturated carbocycles. The average Bonchev–Trinajstić information content (AvgIpc) is 2.21. The maximum absolute atomic E-state index is 10.5. The quantitative estimate of drug-likeness (QED) is 0.474. The molecule has 0 fully saturated rings. The van der Waals surface area contributed by atoms with Gasteiger partial charge in [-0.3, -0.25) is 4.79 Å². The van der Waals surface area contributed by atoms with Crippen molar-refractivity contribution in [2.24, 2.45) is 0 Å². The van der Waals surface area contributed by atoms with Gasteiger partial charge in [0.25, 0.3) is 0 Å². The van der Waals surface area contributed by atoms with Gasteiger partial charge >= 0.3 is 0 Å². The van der Waals surface area contributed by atoms with Crippen molar-refractivity contribution in [2.45, 2.75) is 19.8 Å². The number of carbonyl (C=O) groups excluding carboxylic acids is 1. The van der Waals surface area contributed by atoms with E-state index in [0.29, 0.717) is 5.56 Å².